The maximum atomic E-state index is 8.69. The fourth-order valence-electron chi connectivity index (χ4n) is 2.46. The molecule has 1 fully saturated rings. The molecule has 1 aliphatic rings. The summed E-state index contributed by atoms with van der Waals surface area (Å²) in [6.45, 7) is 4.07. The number of thioether (sulfide) groups is 1. The smallest absolute Gasteiger partial charge is 0.144 e. The second-order valence-corrected chi connectivity index (χ2v) is 7.20. The highest BCUT2D eigenvalue weighted by molar-refractivity contribution is 7.99. The van der Waals surface area contributed by atoms with E-state index < -0.39 is 0 Å². The van der Waals surface area contributed by atoms with E-state index >= 15 is 0 Å². The van der Waals surface area contributed by atoms with Crippen molar-refractivity contribution in [3.8, 4) is 0 Å². The van der Waals surface area contributed by atoms with E-state index in [1.807, 2.05) is 13.8 Å². The van der Waals surface area contributed by atoms with E-state index in [0.717, 1.165) is 18.8 Å². The SMILES string of the molecule is CC(C)(CCCCSCC1CCCC1)C(N)=NO. The van der Waals surface area contributed by atoms with Gasteiger partial charge in [0.1, 0.15) is 5.84 Å². The normalized spacial score (nSPS) is 18.4. The fraction of sp³-hybridized carbons (Fsp3) is 0.929. The first kappa shape index (κ1) is 15.7. The molecular formula is C14H28N2OS. The van der Waals surface area contributed by atoms with Crippen LogP contribution in [0.25, 0.3) is 0 Å². The van der Waals surface area contributed by atoms with Gasteiger partial charge in [-0.3, -0.25) is 0 Å². The summed E-state index contributed by atoms with van der Waals surface area (Å²) in [6, 6.07) is 0. The highest BCUT2D eigenvalue weighted by atomic mass is 32.2. The lowest BCUT2D eigenvalue weighted by Crippen LogP contribution is -2.31. The number of hydrogen-bond acceptors (Lipinski definition) is 3. The van der Waals surface area contributed by atoms with Crippen LogP contribution in [0.1, 0.15) is 58.8 Å². The van der Waals surface area contributed by atoms with Gasteiger partial charge in [0.05, 0.1) is 0 Å². The molecule has 0 bridgehead atoms. The van der Waals surface area contributed by atoms with Crippen molar-refractivity contribution in [2.75, 3.05) is 11.5 Å². The van der Waals surface area contributed by atoms with Crippen molar-refractivity contribution >= 4 is 17.6 Å². The third kappa shape index (κ3) is 5.51. The molecule has 3 N–H and O–H groups in total. The quantitative estimate of drug-likeness (QED) is 0.232. The zero-order chi connectivity index (χ0) is 13.4. The molecule has 0 spiro atoms. The molecule has 0 radical (unpaired) electrons. The first-order valence-electron chi connectivity index (χ1n) is 7.12. The Balaban J connectivity index is 2.01. The summed E-state index contributed by atoms with van der Waals surface area (Å²) in [5, 5.41) is 11.8. The van der Waals surface area contributed by atoms with Gasteiger partial charge in [-0.1, -0.05) is 38.3 Å². The first-order chi connectivity index (χ1) is 8.56. The Morgan fingerprint density at radius 1 is 1.33 bits per heavy atom. The Morgan fingerprint density at radius 3 is 2.61 bits per heavy atom. The highest BCUT2D eigenvalue weighted by Crippen LogP contribution is 2.29. The van der Waals surface area contributed by atoms with Gasteiger partial charge < -0.3 is 10.9 Å². The predicted octanol–water partition coefficient (Wildman–Crippen LogP) is 3.85. The van der Waals surface area contributed by atoms with Gasteiger partial charge >= 0.3 is 0 Å². The molecular weight excluding hydrogens is 244 g/mol. The Bertz CT molecular complexity index is 261. The summed E-state index contributed by atoms with van der Waals surface area (Å²) >= 11 is 2.10. The molecule has 0 aromatic rings. The van der Waals surface area contributed by atoms with Gasteiger partial charge in [0.15, 0.2) is 0 Å². The lowest BCUT2D eigenvalue weighted by molar-refractivity contribution is 0.304. The Morgan fingerprint density at radius 2 is 2.00 bits per heavy atom. The van der Waals surface area contributed by atoms with Crippen LogP contribution in [0.15, 0.2) is 5.16 Å². The molecule has 0 saturated heterocycles. The molecule has 1 rings (SSSR count). The summed E-state index contributed by atoms with van der Waals surface area (Å²) in [4.78, 5) is 0. The molecule has 106 valence electrons. The minimum absolute atomic E-state index is 0.176. The number of hydrogen-bond donors (Lipinski definition) is 2. The van der Waals surface area contributed by atoms with Crippen molar-refractivity contribution in [3.05, 3.63) is 0 Å². The van der Waals surface area contributed by atoms with Crippen LogP contribution in [-0.4, -0.2) is 22.5 Å². The molecule has 0 atom stereocenters. The maximum Gasteiger partial charge on any atom is 0.144 e. The molecule has 0 amide bonds. The van der Waals surface area contributed by atoms with Crippen molar-refractivity contribution in [2.24, 2.45) is 22.2 Å². The summed E-state index contributed by atoms with van der Waals surface area (Å²) < 4.78 is 0. The molecule has 0 heterocycles. The second-order valence-electron chi connectivity index (χ2n) is 6.05. The molecule has 1 saturated carbocycles. The van der Waals surface area contributed by atoms with Gasteiger partial charge in [-0.2, -0.15) is 11.8 Å². The number of unbranched alkanes of at least 4 members (excludes halogenated alkanes) is 1. The van der Waals surface area contributed by atoms with Gasteiger partial charge in [0.25, 0.3) is 0 Å². The number of rotatable bonds is 8. The number of oxime groups is 1. The molecule has 4 heteroatoms. The van der Waals surface area contributed by atoms with Gasteiger partial charge in [0.2, 0.25) is 0 Å². The third-order valence-corrected chi connectivity index (χ3v) is 5.25. The Kier molecular flexibility index (Phi) is 6.90. The number of amidine groups is 1. The fourth-order valence-corrected chi connectivity index (χ4v) is 3.70. The van der Waals surface area contributed by atoms with Gasteiger partial charge in [-0.05, 0) is 43.1 Å². The average molecular weight is 272 g/mol. The number of nitrogens with two attached hydrogens (primary N) is 1. The maximum absolute atomic E-state index is 8.69. The van der Waals surface area contributed by atoms with Crippen LogP contribution in [0.4, 0.5) is 0 Å². The third-order valence-electron chi connectivity index (χ3n) is 3.97. The largest absolute Gasteiger partial charge is 0.409 e. The topological polar surface area (TPSA) is 58.6 Å². The van der Waals surface area contributed by atoms with E-state index in [0.29, 0.717) is 5.84 Å². The monoisotopic (exact) mass is 272 g/mol. The zero-order valence-electron chi connectivity index (χ0n) is 11.8. The molecule has 0 aromatic heterocycles. The summed E-state index contributed by atoms with van der Waals surface area (Å²) in [5.41, 5.74) is 5.49. The molecule has 0 aliphatic heterocycles. The van der Waals surface area contributed by atoms with E-state index in [2.05, 4.69) is 16.9 Å². The molecule has 0 aromatic carbocycles. The molecule has 18 heavy (non-hydrogen) atoms. The van der Waals surface area contributed by atoms with Crippen LogP contribution in [0.5, 0.6) is 0 Å². The van der Waals surface area contributed by atoms with E-state index in [-0.39, 0.29) is 5.41 Å². The lowest BCUT2D eigenvalue weighted by atomic mass is 9.86. The second kappa shape index (κ2) is 7.93. The van der Waals surface area contributed by atoms with Crippen LogP contribution in [0.3, 0.4) is 0 Å². The zero-order valence-corrected chi connectivity index (χ0v) is 12.6. The Labute approximate surface area is 116 Å². The standard InChI is InChI=1S/C14H28N2OS/c1-14(2,13(15)16-17)9-5-6-10-18-11-12-7-3-4-8-12/h12,17H,3-11H2,1-2H3,(H2,15,16). The molecule has 1 aliphatic carbocycles. The van der Waals surface area contributed by atoms with Crippen molar-refractivity contribution in [3.63, 3.8) is 0 Å². The minimum atomic E-state index is -0.176. The van der Waals surface area contributed by atoms with Crippen LogP contribution < -0.4 is 5.73 Å². The van der Waals surface area contributed by atoms with Crippen molar-refractivity contribution in [1.29, 1.82) is 0 Å². The predicted molar refractivity (Wildman–Crippen MR) is 80.3 cm³/mol. The van der Waals surface area contributed by atoms with Crippen LogP contribution in [0, 0.1) is 11.3 Å². The van der Waals surface area contributed by atoms with Crippen LogP contribution >= 0.6 is 11.8 Å². The number of nitrogens with zero attached hydrogens (tertiary/aromatic N) is 1. The summed E-state index contributed by atoms with van der Waals surface area (Å²) in [5.74, 6) is 3.94. The van der Waals surface area contributed by atoms with Gasteiger partial charge in [-0.25, -0.2) is 0 Å². The highest BCUT2D eigenvalue weighted by Gasteiger charge is 2.22. The van der Waals surface area contributed by atoms with Gasteiger partial charge in [0, 0.05) is 5.41 Å². The van der Waals surface area contributed by atoms with E-state index in [1.54, 1.807) is 0 Å². The summed E-state index contributed by atoms with van der Waals surface area (Å²) in [7, 11) is 0. The van der Waals surface area contributed by atoms with E-state index in [4.69, 9.17) is 10.9 Å². The van der Waals surface area contributed by atoms with E-state index in [9.17, 15) is 0 Å². The molecule has 0 unspecified atom stereocenters. The molecule has 3 nitrogen and oxygen atoms in total. The minimum Gasteiger partial charge on any atom is -0.409 e. The summed E-state index contributed by atoms with van der Waals surface area (Å²) in [6.07, 6.45) is 9.17. The first-order valence-corrected chi connectivity index (χ1v) is 8.27. The van der Waals surface area contributed by atoms with E-state index in [1.165, 1.54) is 43.6 Å². The van der Waals surface area contributed by atoms with Crippen LogP contribution in [-0.2, 0) is 0 Å². The lowest BCUT2D eigenvalue weighted by Gasteiger charge is -2.22. The van der Waals surface area contributed by atoms with Gasteiger partial charge in [-0.15, -0.1) is 0 Å². The van der Waals surface area contributed by atoms with Crippen molar-refractivity contribution < 1.29 is 5.21 Å². The van der Waals surface area contributed by atoms with Crippen molar-refractivity contribution in [2.45, 2.75) is 58.8 Å². The van der Waals surface area contributed by atoms with Crippen LogP contribution in [0.2, 0.25) is 0 Å². The average Bonchev–Trinajstić information content (AvgIpc) is 2.85. The van der Waals surface area contributed by atoms with Crippen molar-refractivity contribution in [1.82, 2.24) is 0 Å². The Hall–Kier alpha value is -0.380.